The second-order valence-electron chi connectivity index (χ2n) is 4.14. The van der Waals surface area contributed by atoms with E-state index in [2.05, 4.69) is 50.1 Å². The van der Waals surface area contributed by atoms with E-state index >= 15 is 0 Å². The van der Waals surface area contributed by atoms with Crippen molar-refractivity contribution in [2.75, 3.05) is 24.3 Å². The van der Waals surface area contributed by atoms with Gasteiger partial charge in [-0.05, 0) is 41.1 Å². The normalized spacial score (nSPS) is 10.2. The number of aromatic nitrogens is 2. The van der Waals surface area contributed by atoms with Gasteiger partial charge in [-0.1, -0.05) is 19.1 Å². The van der Waals surface area contributed by atoms with Gasteiger partial charge in [0.1, 0.15) is 6.33 Å². The highest BCUT2D eigenvalue weighted by Gasteiger charge is 2.12. The first-order valence-electron chi connectivity index (χ1n) is 6.40. The summed E-state index contributed by atoms with van der Waals surface area (Å²) in [5.41, 5.74) is 0.992. The molecule has 0 fully saturated rings. The van der Waals surface area contributed by atoms with Crippen molar-refractivity contribution >= 4 is 39.9 Å². The third-order valence-corrected chi connectivity index (χ3v) is 3.62. The molecule has 0 spiro atoms. The lowest BCUT2D eigenvalue weighted by atomic mass is 10.3. The lowest BCUT2D eigenvalue weighted by molar-refractivity contribution is 0.415. The second kappa shape index (κ2) is 7.28. The molecule has 0 aliphatic rings. The molecule has 0 aliphatic heterocycles. The molecular weight excluding hydrogens is 367 g/mol. The van der Waals surface area contributed by atoms with Crippen molar-refractivity contribution in [1.82, 2.24) is 9.97 Å². The number of anilines is 3. The summed E-state index contributed by atoms with van der Waals surface area (Å²) in [6, 6.07) is 8.02. The van der Waals surface area contributed by atoms with Crippen LogP contribution in [0.2, 0.25) is 0 Å². The Morgan fingerprint density at radius 2 is 1.95 bits per heavy atom. The Morgan fingerprint density at radius 3 is 2.65 bits per heavy atom. The number of halogens is 1. The summed E-state index contributed by atoms with van der Waals surface area (Å²) in [5.74, 6) is 1.99. The molecule has 2 rings (SSSR count). The van der Waals surface area contributed by atoms with Gasteiger partial charge in [0.2, 0.25) is 5.75 Å². The zero-order chi connectivity index (χ0) is 14.4. The summed E-state index contributed by atoms with van der Waals surface area (Å²) >= 11 is 2.28. The van der Waals surface area contributed by atoms with E-state index in [1.165, 1.54) is 6.33 Å². The first-order valence-corrected chi connectivity index (χ1v) is 7.48. The first-order chi connectivity index (χ1) is 9.76. The molecule has 5 nitrogen and oxygen atoms in total. The molecular formula is C14H17IN4O. The van der Waals surface area contributed by atoms with E-state index in [4.69, 9.17) is 4.74 Å². The summed E-state index contributed by atoms with van der Waals surface area (Å²) < 4.78 is 6.55. The number of hydrogen-bond acceptors (Lipinski definition) is 5. The summed E-state index contributed by atoms with van der Waals surface area (Å²) in [4.78, 5) is 8.49. The van der Waals surface area contributed by atoms with E-state index < -0.39 is 0 Å². The number of nitrogens with zero attached hydrogens (tertiary/aromatic N) is 2. The highest BCUT2D eigenvalue weighted by molar-refractivity contribution is 14.1. The van der Waals surface area contributed by atoms with Gasteiger partial charge in [-0.15, -0.1) is 0 Å². The van der Waals surface area contributed by atoms with Crippen molar-refractivity contribution in [2.45, 2.75) is 13.3 Å². The molecule has 0 aliphatic carbocycles. The summed E-state index contributed by atoms with van der Waals surface area (Å²) in [6.07, 6.45) is 2.55. The van der Waals surface area contributed by atoms with Crippen LogP contribution in [-0.4, -0.2) is 23.6 Å². The van der Waals surface area contributed by atoms with E-state index in [0.717, 1.165) is 22.2 Å². The minimum atomic E-state index is 0.626. The zero-order valence-corrected chi connectivity index (χ0v) is 13.6. The largest absolute Gasteiger partial charge is 0.490 e. The summed E-state index contributed by atoms with van der Waals surface area (Å²) in [7, 11) is 1.62. The summed E-state index contributed by atoms with van der Waals surface area (Å²) in [5, 5.41) is 6.52. The van der Waals surface area contributed by atoms with Crippen LogP contribution in [0.1, 0.15) is 13.3 Å². The van der Waals surface area contributed by atoms with Crippen LogP contribution >= 0.6 is 22.6 Å². The molecule has 2 aromatic rings. The predicted octanol–water partition coefficient (Wildman–Crippen LogP) is 3.66. The Bertz CT molecular complexity index is 577. The van der Waals surface area contributed by atoms with Crippen molar-refractivity contribution in [3.63, 3.8) is 0 Å². The molecule has 0 atom stereocenters. The van der Waals surface area contributed by atoms with Gasteiger partial charge in [0.05, 0.1) is 12.8 Å². The first kappa shape index (κ1) is 14.8. The zero-order valence-electron chi connectivity index (χ0n) is 11.5. The maximum Gasteiger partial charge on any atom is 0.204 e. The SMILES string of the molecule is CCCNc1ncnc(Nc2ccccc2I)c1OC. The van der Waals surface area contributed by atoms with E-state index in [9.17, 15) is 0 Å². The van der Waals surface area contributed by atoms with E-state index in [1.54, 1.807) is 7.11 Å². The number of ether oxygens (including phenoxy) is 1. The van der Waals surface area contributed by atoms with Crippen LogP contribution in [0.15, 0.2) is 30.6 Å². The standard InChI is InChI=1S/C14H17IN4O/c1-3-8-16-13-12(20-2)14(18-9-17-13)19-11-7-5-4-6-10(11)15/h4-7,9H,3,8H2,1-2H3,(H2,16,17,18,19). The van der Waals surface area contributed by atoms with Gasteiger partial charge in [-0.25, -0.2) is 9.97 Å². The molecule has 1 aromatic carbocycles. The predicted molar refractivity (Wildman–Crippen MR) is 89.8 cm³/mol. The minimum absolute atomic E-state index is 0.626. The van der Waals surface area contributed by atoms with Crippen LogP contribution in [-0.2, 0) is 0 Å². The molecule has 106 valence electrons. The van der Waals surface area contributed by atoms with E-state index in [1.807, 2.05) is 24.3 Å². The van der Waals surface area contributed by atoms with Crippen molar-refractivity contribution in [3.8, 4) is 5.75 Å². The fourth-order valence-corrected chi connectivity index (χ4v) is 2.24. The van der Waals surface area contributed by atoms with Crippen molar-refractivity contribution < 1.29 is 4.74 Å². The fourth-order valence-electron chi connectivity index (χ4n) is 1.72. The van der Waals surface area contributed by atoms with Gasteiger partial charge in [0.15, 0.2) is 11.6 Å². The summed E-state index contributed by atoms with van der Waals surface area (Å²) in [6.45, 7) is 2.95. The fraction of sp³-hybridized carbons (Fsp3) is 0.286. The van der Waals surface area contributed by atoms with Gasteiger partial charge in [-0.3, -0.25) is 0 Å². The lowest BCUT2D eigenvalue weighted by Crippen LogP contribution is -2.07. The van der Waals surface area contributed by atoms with E-state index in [-0.39, 0.29) is 0 Å². The Kier molecular flexibility index (Phi) is 5.40. The molecule has 0 amide bonds. The van der Waals surface area contributed by atoms with Crippen LogP contribution in [0.3, 0.4) is 0 Å². The van der Waals surface area contributed by atoms with Crippen LogP contribution in [0.5, 0.6) is 5.75 Å². The molecule has 20 heavy (non-hydrogen) atoms. The highest BCUT2D eigenvalue weighted by atomic mass is 127. The van der Waals surface area contributed by atoms with Crippen LogP contribution in [0, 0.1) is 3.57 Å². The number of rotatable bonds is 6. The number of benzene rings is 1. The molecule has 0 saturated heterocycles. The topological polar surface area (TPSA) is 59.1 Å². The monoisotopic (exact) mass is 384 g/mol. The van der Waals surface area contributed by atoms with Gasteiger partial charge in [0, 0.05) is 10.1 Å². The maximum absolute atomic E-state index is 5.43. The third kappa shape index (κ3) is 3.50. The minimum Gasteiger partial charge on any atom is -0.490 e. The third-order valence-electron chi connectivity index (χ3n) is 2.68. The van der Waals surface area contributed by atoms with Gasteiger partial charge >= 0.3 is 0 Å². The van der Waals surface area contributed by atoms with Gasteiger partial charge in [-0.2, -0.15) is 0 Å². The molecule has 6 heteroatoms. The maximum atomic E-state index is 5.43. The lowest BCUT2D eigenvalue weighted by Gasteiger charge is -2.14. The average Bonchev–Trinajstić information content (AvgIpc) is 2.47. The number of nitrogens with one attached hydrogen (secondary N) is 2. The molecule has 0 saturated carbocycles. The quantitative estimate of drug-likeness (QED) is 0.745. The van der Waals surface area contributed by atoms with Crippen molar-refractivity contribution in [1.29, 1.82) is 0 Å². The highest BCUT2D eigenvalue weighted by Crippen LogP contribution is 2.32. The second-order valence-corrected chi connectivity index (χ2v) is 5.30. The van der Waals surface area contributed by atoms with Crippen LogP contribution in [0.25, 0.3) is 0 Å². The van der Waals surface area contributed by atoms with Crippen molar-refractivity contribution in [3.05, 3.63) is 34.2 Å². The van der Waals surface area contributed by atoms with Gasteiger partial charge in [0.25, 0.3) is 0 Å². The Hall–Kier alpha value is -1.57. The molecule has 0 unspecified atom stereocenters. The molecule has 0 bridgehead atoms. The van der Waals surface area contributed by atoms with Crippen LogP contribution < -0.4 is 15.4 Å². The number of hydrogen-bond donors (Lipinski definition) is 2. The Labute approximate surface area is 132 Å². The Morgan fingerprint density at radius 1 is 1.20 bits per heavy atom. The average molecular weight is 384 g/mol. The Balaban J connectivity index is 2.29. The molecule has 2 N–H and O–H groups in total. The van der Waals surface area contributed by atoms with E-state index in [0.29, 0.717) is 17.4 Å². The van der Waals surface area contributed by atoms with Crippen molar-refractivity contribution in [2.24, 2.45) is 0 Å². The number of para-hydroxylation sites is 1. The molecule has 1 aromatic heterocycles. The van der Waals surface area contributed by atoms with Gasteiger partial charge < -0.3 is 15.4 Å². The smallest absolute Gasteiger partial charge is 0.204 e. The molecule has 0 radical (unpaired) electrons. The number of methoxy groups -OCH3 is 1. The molecule has 1 heterocycles. The van der Waals surface area contributed by atoms with Crippen LogP contribution in [0.4, 0.5) is 17.3 Å².